The lowest BCUT2D eigenvalue weighted by Gasteiger charge is -2.28. The van der Waals surface area contributed by atoms with Crippen LogP contribution in [0.4, 0.5) is 4.39 Å². The maximum absolute atomic E-state index is 14.0. The normalized spacial score (nSPS) is 11.7. The van der Waals surface area contributed by atoms with Crippen LogP contribution in [0.1, 0.15) is 23.6 Å². The average molecular weight is 342 g/mol. The highest BCUT2D eigenvalue weighted by Crippen LogP contribution is 2.15. The van der Waals surface area contributed by atoms with Gasteiger partial charge in [-0.1, -0.05) is 48.0 Å². The second kappa shape index (κ2) is 8.42. The molecule has 2 rings (SSSR count). The van der Waals surface area contributed by atoms with Gasteiger partial charge in [0.25, 0.3) is 0 Å². The molecule has 0 fully saturated rings. The molecule has 4 nitrogen and oxygen atoms in total. The van der Waals surface area contributed by atoms with Crippen LogP contribution in [0.25, 0.3) is 0 Å². The molecule has 0 aliphatic carbocycles. The topological polar surface area (TPSA) is 49.4 Å². The fraction of sp³-hybridized carbons (Fsp3) is 0.300. The van der Waals surface area contributed by atoms with Gasteiger partial charge in [-0.15, -0.1) is 0 Å². The molecule has 2 aromatic rings. The summed E-state index contributed by atoms with van der Waals surface area (Å²) in [6.07, 6.45) is 0.164. The number of nitrogens with zero attached hydrogens (tertiary/aromatic N) is 1. The molecule has 5 heteroatoms. The van der Waals surface area contributed by atoms with Crippen molar-refractivity contribution in [3.05, 3.63) is 71.0 Å². The third kappa shape index (κ3) is 4.89. The smallest absolute Gasteiger partial charge is 0.242 e. The predicted molar refractivity (Wildman–Crippen MR) is 95.4 cm³/mol. The lowest BCUT2D eigenvalue weighted by Crippen LogP contribution is -2.47. The fourth-order valence-corrected chi connectivity index (χ4v) is 2.70. The van der Waals surface area contributed by atoms with E-state index < -0.39 is 6.04 Å². The van der Waals surface area contributed by atoms with Crippen molar-refractivity contribution in [2.24, 2.45) is 0 Å². The molecule has 25 heavy (non-hydrogen) atoms. The summed E-state index contributed by atoms with van der Waals surface area (Å²) in [5.41, 5.74) is 2.31. The molecule has 132 valence electrons. The summed E-state index contributed by atoms with van der Waals surface area (Å²) in [5.74, 6) is -0.890. The van der Waals surface area contributed by atoms with E-state index in [1.807, 2.05) is 31.2 Å². The third-order valence-electron chi connectivity index (χ3n) is 4.15. The van der Waals surface area contributed by atoms with Gasteiger partial charge in [0.05, 0.1) is 6.42 Å². The first kappa shape index (κ1) is 18.6. The van der Waals surface area contributed by atoms with Gasteiger partial charge < -0.3 is 10.2 Å². The minimum Gasteiger partial charge on any atom is -0.357 e. The van der Waals surface area contributed by atoms with Crippen LogP contribution in [-0.4, -0.2) is 29.8 Å². The zero-order valence-corrected chi connectivity index (χ0v) is 14.8. The molecule has 0 heterocycles. The Morgan fingerprint density at radius 2 is 1.88 bits per heavy atom. The van der Waals surface area contributed by atoms with Gasteiger partial charge in [0.1, 0.15) is 11.9 Å². The molecule has 1 N–H and O–H groups in total. The van der Waals surface area contributed by atoms with Crippen LogP contribution in [-0.2, 0) is 22.6 Å². The molecule has 0 unspecified atom stereocenters. The zero-order valence-electron chi connectivity index (χ0n) is 14.8. The van der Waals surface area contributed by atoms with Crippen molar-refractivity contribution in [2.45, 2.75) is 32.9 Å². The third-order valence-corrected chi connectivity index (χ3v) is 4.15. The van der Waals surface area contributed by atoms with Crippen molar-refractivity contribution in [1.29, 1.82) is 0 Å². The van der Waals surface area contributed by atoms with Gasteiger partial charge in [0.2, 0.25) is 11.8 Å². The number of carbonyl (C=O) groups is 2. The van der Waals surface area contributed by atoms with Gasteiger partial charge in [-0.25, -0.2) is 4.39 Å². The Hall–Kier alpha value is -2.69. The highest BCUT2D eigenvalue weighted by Gasteiger charge is 2.26. The van der Waals surface area contributed by atoms with Crippen molar-refractivity contribution in [3.63, 3.8) is 0 Å². The van der Waals surface area contributed by atoms with Crippen LogP contribution >= 0.6 is 0 Å². The number of hydrogen-bond acceptors (Lipinski definition) is 2. The molecule has 2 aromatic carbocycles. The van der Waals surface area contributed by atoms with Crippen molar-refractivity contribution in [1.82, 2.24) is 10.2 Å². The predicted octanol–water partition coefficient (Wildman–Crippen LogP) is 2.84. The maximum atomic E-state index is 14.0. The van der Waals surface area contributed by atoms with E-state index in [2.05, 4.69) is 5.32 Å². The Bertz CT molecular complexity index is 761. The van der Waals surface area contributed by atoms with E-state index >= 15 is 0 Å². The Morgan fingerprint density at radius 3 is 2.52 bits per heavy atom. The quantitative estimate of drug-likeness (QED) is 0.878. The summed E-state index contributed by atoms with van der Waals surface area (Å²) in [5, 5.41) is 2.55. The van der Waals surface area contributed by atoms with Crippen LogP contribution in [0.3, 0.4) is 0 Å². The number of carbonyl (C=O) groups excluding carboxylic acids is 2. The number of halogens is 1. The number of amides is 2. The van der Waals surface area contributed by atoms with E-state index in [1.165, 1.54) is 18.0 Å². The Kier molecular flexibility index (Phi) is 6.28. The first-order valence-electron chi connectivity index (χ1n) is 8.22. The minimum atomic E-state index is -0.693. The average Bonchev–Trinajstić information content (AvgIpc) is 2.59. The second-order valence-corrected chi connectivity index (χ2v) is 6.07. The van der Waals surface area contributed by atoms with Gasteiger partial charge in [-0.3, -0.25) is 9.59 Å². The lowest BCUT2D eigenvalue weighted by molar-refractivity contribution is -0.139. The molecule has 0 spiro atoms. The van der Waals surface area contributed by atoms with Gasteiger partial charge >= 0.3 is 0 Å². The van der Waals surface area contributed by atoms with E-state index in [4.69, 9.17) is 0 Å². The first-order valence-corrected chi connectivity index (χ1v) is 8.22. The molecule has 0 aliphatic rings. The molecule has 0 bridgehead atoms. The number of aryl methyl sites for hydroxylation is 1. The number of rotatable bonds is 6. The SMILES string of the molecule is CNC(=O)[C@H](C)N(Cc1ccccc1F)C(=O)Cc1cccc(C)c1. The molecule has 0 saturated heterocycles. The van der Waals surface area contributed by atoms with Gasteiger partial charge in [-0.2, -0.15) is 0 Å². The number of likely N-dealkylation sites (N-methyl/N-ethyl adjacent to an activating group) is 1. The van der Waals surface area contributed by atoms with Crippen LogP contribution < -0.4 is 5.32 Å². The molecular weight excluding hydrogens is 319 g/mol. The van der Waals surface area contributed by atoms with E-state index in [-0.39, 0.29) is 30.6 Å². The van der Waals surface area contributed by atoms with E-state index in [1.54, 1.807) is 25.1 Å². The Labute approximate surface area is 147 Å². The van der Waals surface area contributed by atoms with Crippen molar-refractivity contribution in [2.75, 3.05) is 7.05 Å². The maximum Gasteiger partial charge on any atom is 0.242 e. The highest BCUT2D eigenvalue weighted by molar-refractivity contribution is 5.88. The van der Waals surface area contributed by atoms with E-state index in [9.17, 15) is 14.0 Å². The standard InChI is InChI=1S/C20H23FN2O2/c1-14-7-6-8-16(11-14)12-19(24)23(15(2)20(25)22-3)13-17-9-4-5-10-18(17)21/h4-11,15H,12-13H2,1-3H3,(H,22,25)/t15-/m0/s1. The van der Waals surface area contributed by atoms with Crippen LogP contribution in [0.5, 0.6) is 0 Å². The summed E-state index contributed by atoms with van der Waals surface area (Å²) in [7, 11) is 1.52. The molecular formula is C20H23FN2O2. The molecule has 0 radical (unpaired) electrons. The van der Waals surface area contributed by atoms with Crippen LogP contribution in [0, 0.1) is 12.7 Å². The molecule has 0 aliphatic heterocycles. The van der Waals surface area contributed by atoms with Crippen LogP contribution in [0.2, 0.25) is 0 Å². The zero-order chi connectivity index (χ0) is 18.4. The van der Waals surface area contributed by atoms with Gasteiger partial charge in [0.15, 0.2) is 0 Å². The van der Waals surface area contributed by atoms with Crippen LogP contribution in [0.15, 0.2) is 48.5 Å². The largest absolute Gasteiger partial charge is 0.357 e. The fourth-order valence-electron chi connectivity index (χ4n) is 2.70. The summed E-state index contributed by atoms with van der Waals surface area (Å²) in [6, 6.07) is 13.2. The summed E-state index contributed by atoms with van der Waals surface area (Å²) in [4.78, 5) is 26.3. The van der Waals surface area contributed by atoms with E-state index in [0.29, 0.717) is 5.56 Å². The number of nitrogens with one attached hydrogen (secondary N) is 1. The number of hydrogen-bond donors (Lipinski definition) is 1. The molecule has 2 amide bonds. The first-order chi connectivity index (χ1) is 11.9. The van der Waals surface area contributed by atoms with E-state index in [0.717, 1.165) is 11.1 Å². The van der Waals surface area contributed by atoms with Crippen molar-refractivity contribution < 1.29 is 14.0 Å². The summed E-state index contributed by atoms with van der Waals surface area (Å²) < 4.78 is 14.0. The van der Waals surface area contributed by atoms with Gasteiger partial charge in [0, 0.05) is 19.2 Å². The van der Waals surface area contributed by atoms with Crippen molar-refractivity contribution >= 4 is 11.8 Å². The summed E-state index contributed by atoms with van der Waals surface area (Å²) in [6.45, 7) is 3.65. The second-order valence-electron chi connectivity index (χ2n) is 6.07. The lowest BCUT2D eigenvalue weighted by atomic mass is 10.1. The Morgan fingerprint density at radius 1 is 1.16 bits per heavy atom. The molecule has 1 atom stereocenters. The Balaban J connectivity index is 2.25. The highest BCUT2D eigenvalue weighted by atomic mass is 19.1. The molecule has 0 aromatic heterocycles. The molecule has 0 saturated carbocycles. The monoisotopic (exact) mass is 342 g/mol. The summed E-state index contributed by atoms with van der Waals surface area (Å²) >= 11 is 0. The number of benzene rings is 2. The van der Waals surface area contributed by atoms with Crippen molar-refractivity contribution in [3.8, 4) is 0 Å². The minimum absolute atomic E-state index is 0.0475. The van der Waals surface area contributed by atoms with Gasteiger partial charge in [-0.05, 0) is 25.5 Å².